The fourth-order valence-electron chi connectivity index (χ4n) is 2.16. The molecule has 1 unspecified atom stereocenters. The van der Waals surface area contributed by atoms with Crippen LogP contribution in [0.15, 0.2) is 27.6 Å². The van der Waals surface area contributed by atoms with Crippen molar-refractivity contribution in [1.82, 2.24) is 4.72 Å². The number of aliphatic hydroxyl groups is 1. The Balaban J connectivity index is 1.98. The molecule has 112 valence electrons. The minimum atomic E-state index is -3.54. The number of halogens is 1. The molecule has 0 radical (unpaired) electrons. The fraction of sp³-hybridized carbons (Fsp3) is 0.538. The van der Waals surface area contributed by atoms with E-state index in [1.807, 2.05) is 0 Å². The quantitative estimate of drug-likeness (QED) is 0.807. The maximum atomic E-state index is 12.2. The molecule has 1 aromatic carbocycles. The monoisotopic (exact) mass is 363 g/mol. The van der Waals surface area contributed by atoms with Crippen molar-refractivity contribution in [2.45, 2.75) is 36.9 Å². The molecule has 2 N–H and O–H groups in total. The maximum Gasteiger partial charge on any atom is 0.241 e. The van der Waals surface area contributed by atoms with Gasteiger partial charge in [0.25, 0.3) is 0 Å². The Morgan fingerprint density at radius 2 is 2.25 bits per heavy atom. The highest BCUT2D eigenvalue weighted by atomic mass is 79.9. The summed E-state index contributed by atoms with van der Waals surface area (Å²) in [4.78, 5) is 0.182. The van der Waals surface area contributed by atoms with Crippen molar-refractivity contribution in [3.63, 3.8) is 0 Å². The van der Waals surface area contributed by atoms with Crippen LogP contribution >= 0.6 is 15.9 Å². The molecule has 0 aliphatic carbocycles. The van der Waals surface area contributed by atoms with E-state index in [2.05, 4.69) is 20.7 Å². The molecule has 0 spiro atoms. The van der Waals surface area contributed by atoms with E-state index in [9.17, 15) is 8.42 Å². The molecule has 2 rings (SSSR count). The van der Waals surface area contributed by atoms with Gasteiger partial charge < -0.3 is 9.84 Å². The topological polar surface area (TPSA) is 75.6 Å². The van der Waals surface area contributed by atoms with Crippen molar-refractivity contribution in [1.29, 1.82) is 0 Å². The highest BCUT2D eigenvalue weighted by molar-refractivity contribution is 9.10. The predicted molar refractivity (Wildman–Crippen MR) is 78.8 cm³/mol. The van der Waals surface area contributed by atoms with E-state index in [4.69, 9.17) is 9.84 Å². The van der Waals surface area contributed by atoms with Crippen molar-refractivity contribution in [3.05, 3.63) is 28.2 Å². The summed E-state index contributed by atoms with van der Waals surface area (Å²) in [7, 11) is -3.54. The first-order valence-corrected chi connectivity index (χ1v) is 8.81. The van der Waals surface area contributed by atoms with E-state index < -0.39 is 10.0 Å². The minimum Gasteiger partial charge on any atom is -0.392 e. The Hall–Kier alpha value is -0.470. The van der Waals surface area contributed by atoms with Crippen molar-refractivity contribution < 1.29 is 18.3 Å². The van der Waals surface area contributed by atoms with Crippen molar-refractivity contribution in [2.24, 2.45) is 0 Å². The Bertz CT molecular complexity index is 555. The lowest BCUT2D eigenvalue weighted by Crippen LogP contribution is -2.27. The van der Waals surface area contributed by atoms with Gasteiger partial charge in [-0.1, -0.05) is 6.07 Å². The summed E-state index contributed by atoms with van der Waals surface area (Å²) in [5, 5.41) is 9.02. The van der Waals surface area contributed by atoms with Crippen molar-refractivity contribution in [2.75, 3.05) is 13.2 Å². The van der Waals surface area contributed by atoms with Crippen LogP contribution in [0.25, 0.3) is 0 Å². The summed E-state index contributed by atoms with van der Waals surface area (Å²) >= 11 is 3.23. The lowest BCUT2D eigenvalue weighted by molar-refractivity contribution is 0.105. The zero-order valence-electron chi connectivity index (χ0n) is 11.0. The van der Waals surface area contributed by atoms with Gasteiger partial charge in [0.2, 0.25) is 10.0 Å². The van der Waals surface area contributed by atoms with E-state index in [0.29, 0.717) is 23.0 Å². The Morgan fingerprint density at radius 1 is 1.45 bits per heavy atom. The van der Waals surface area contributed by atoms with Crippen LogP contribution in [0.1, 0.15) is 24.8 Å². The molecule has 7 heteroatoms. The molecule has 1 aliphatic rings. The van der Waals surface area contributed by atoms with E-state index in [-0.39, 0.29) is 17.6 Å². The molecule has 1 saturated heterocycles. The minimum absolute atomic E-state index is 0.120. The Labute approximate surface area is 127 Å². The normalized spacial score (nSPS) is 19.4. The van der Waals surface area contributed by atoms with Crippen molar-refractivity contribution >= 4 is 26.0 Å². The molecular weight excluding hydrogens is 346 g/mol. The zero-order valence-corrected chi connectivity index (χ0v) is 13.4. The van der Waals surface area contributed by atoms with Gasteiger partial charge in [0, 0.05) is 17.6 Å². The second-order valence-electron chi connectivity index (χ2n) is 4.74. The average Bonchev–Trinajstić information content (AvgIpc) is 2.91. The van der Waals surface area contributed by atoms with Gasteiger partial charge in [-0.2, -0.15) is 0 Å². The lowest BCUT2D eigenvalue weighted by Gasteiger charge is -2.12. The third-order valence-corrected chi connectivity index (χ3v) is 5.69. The SMILES string of the molecule is O=S(=O)(NCCC1CCCO1)c1ccc(CO)cc1Br. The summed E-state index contributed by atoms with van der Waals surface area (Å²) < 4.78 is 32.9. The van der Waals surface area contributed by atoms with Crippen LogP contribution in [0.2, 0.25) is 0 Å². The molecule has 1 atom stereocenters. The number of nitrogens with one attached hydrogen (secondary N) is 1. The molecule has 1 aromatic rings. The fourth-order valence-corrected chi connectivity index (χ4v) is 4.34. The molecule has 0 saturated carbocycles. The second kappa shape index (κ2) is 7.00. The highest BCUT2D eigenvalue weighted by Crippen LogP contribution is 2.23. The summed E-state index contributed by atoms with van der Waals surface area (Å²) in [5.74, 6) is 0. The number of benzene rings is 1. The predicted octanol–water partition coefficient (Wildman–Crippen LogP) is 1.79. The first-order chi connectivity index (χ1) is 9.53. The van der Waals surface area contributed by atoms with E-state index >= 15 is 0 Å². The maximum absolute atomic E-state index is 12.2. The molecule has 1 fully saturated rings. The largest absolute Gasteiger partial charge is 0.392 e. The van der Waals surface area contributed by atoms with E-state index in [0.717, 1.165) is 19.4 Å². The lowest BCUT2D eigenvalue weighted by atomic mass is 10.2. The Kier molecular flexibility index (Phi) is 5.57. The number of rotatable bonds is 6. The van der Waals surface area contributed by atoms with Crippen molar-refractivity contribution in [3.8, 4) is 0 Å². The van der Waals surface area contributed by atoms with Crippen LogP contribution in [0.4, 0.5) is 0 Å². The van der Waals surface area contributed by atoms with Gasteiger partial charge in [-0.3, -0.25) is 0 Å². The first kappa shape index (κ1) is 15.9. The smallest absolute Gasteiger partial charge is 0.241 e. The molecule has 0 aromatic heterocycles. The Morgan fingerprint density at radius 3 is 2.85 bits per heavy atom. The number of ether oxygens (including phenoxy) is 1. The third kappa shape index (κ3) is 4.02. The van der Waals surface area contributed by atoms with E-state index in [1.54, 1.807) is 12.1 Å². The van der Waals surface area contributed by atoms with Crippen LogP contribution in [0.3, 0.4) is 0 Å². The summed E-state index contributed by atoms with van der Waals surface area (Å²) in [6.07, 6.45) is 2.89. The third-order valence-electron chi connectivity index (χ3n) is 3.25. The van der Waals surface area contributed by atoms with Crippen LogP contribution in [0, 0.1) is 0 Å². The summed E-state index contributed by atoms with van der Waals surface area (Å²) in [6, 6.07) is 4.69. The standard InChI is InChI=1S/C13H18BrNO4S/c14-12-8-10(9-16)3-4-13(12)20(17,18)15-6-5-11-2-1-7-19-11/h3-4,8,11,15-16H,1-2,5-7,9H2. The number of hydrogen-bond donors (Lipinski definition) is 2. The summed E-state index contributed by atoms with van der Waals surface area (Å²) in [6.45, 7) is 1.01. The summed E-state index contributed by atoms with van der Waals surface area (Å²) in [5.41, 5.74) is 0.662. The number of hydrogen-bond acceptors (Lipinski definition) is 4. The van der Waals surface area contributed by atoms with Gasteiger partial charge >= 0.3 is 0 Å². The molecular formula is C13H18BrNO4S. The number of aliphatic hydroxyl groups excluding tert-OH is 1. The highest BCUT2D eigenvalue weighted by Gasteiger charge is 2.20. The average molecular weight is 364 g/mol. The molecule has 0 bridgehead atoms. The first-order valence-electron chi connectivity index (χ1n) is 6.53. The van der Waals surface area contributed by atoms with Crippen LogP contribution in [-0.2, 0) is 21.4 Å². The van der Waals surface area contributed by atoms with Crippen LogP contribution < -0.4 is 4.72 Å². The molecule has 5 nitrogen and oxygen atoms in total. The van der Waals surface area contributed by atoms with Gasteiger partial charge in [-0.05, 0) is 52.9 Å². The number of sulfonamides is 1. The van der Waals surface area contributed by atoms with Gasteiger partial charge in [-0.15, -0.1) is 0 Å². The zero-order chi connectivity index (χ0) is 14.6. The van der Waals surface area contributed by atoms with Crippen LogP contribution in [-0.4, -0.2) is 32.8 Å². The van der Waals surface area contributed by atoms with Gasteiger partial charge in [0.1, 0.15) is 0 Å². The van der Waals surface area contributed by atoms with E-state index in [1.165, 1.54) is 6.07 Å². The van der Waals surface area contributed by atoms with Gasteiger partial charge in [-0.25, -0.2) is 13.1 Å². The molecule has 1 heterocycles. The molecule has 0 amide bonds. The second-order valence-corrected chi connectivity index (χ2v) is 7.33. The molecule has 20 heavy (non-hydrogen) atoms. The van der Waals surface area contributed by atoms with Gasteiger partial charge in [0.15, 0.2) is 0 Å². The van der Waals surface area contributed by atoms with Crippen LogP contribution in [0.5, 0.6) is 0 Å². The van der Waals surface area contributed by atoms with Gasteiger partial charge in [0.05, 0.1) is 17.6 Å². The molecule has 1 aliphatic heterocycles.